The predicted octanol–water partition coefficient (Wildman–Crippen LogP) is 3.50. The molecule has 1 aromatic carbocycles. The minimum atomic E-state index is 0.703. The second-order valence-corrected chi connectivity index (χ2v) is 3.79. The lowest BCUT2D eigenvalue weighted by atomic mass is 10.1. The Hall–Kier alpha value is -1.59. The molecule has 0 N–H and O–H groups in total. The van der Waals surface area contributed by atoms with E-state index in [1.165, 1.54) is 0 Å². The molecule has 0 spiro atoms. The fourth-order valence-corrected chi connectivity index (χ4v) is 1.53. The second kappa shape index (κ2) is 5.48. The molecule has 2 rings (SSSR count). The van der Waals surface area contributed by atoms with Gasteiger partial charge in [-0.05, 0) is 24.3 Å². The van der Waals surface area contributed by atoms with Crippen molar-refractivity contribution in [1.82, 2.24) is 4.98 Å². The number of nitrogens with zero attached hydrogens (tertiary/aromatic N) is 1. The number of hydrogen-bond donors (Lipinski definition) is 0. The topological polar surface area (TPSA) is 12.9 Å². The third kappa shape index (κ3) is 2.71. The average molecular weight is 272 g/mol. The first kappa shape index (κ1) is 10.9. The Kier molecular flexibility index (Phi) is 3.74. The zero-order valence-electron chi connectivity index (χ0n) is 8.65. The monoisotopic (exact) mass is 271 g/mol. The largest absolute Gasteiger partial charge is 0.256 e. The van der Waals surface area contributed by atoms with Crippen LogP contribution in [0.1, 0.15) is 5.56 Å². The Morgan fingerprint density at radius 2 is 1.88 bits per heavy atom. The van der Waals surface area contributed by atoms with Gasteiger partial charge in [0.25, 0.3) is 0 Å². The summed E-state index contributed by atoms with van der Waals surface area (Å²) in [4.78, 5) is 4.30. The molecule has 0 unspecified atom stereocenters. The van der Waals surface area contributed by atoms with Gasteiger partial charge >= 0.3 is 0 Å². The maximum absolute atomic E-state index is 4.30. The number of pyridine rings is 1. The van der Waals surface area contributed by atoms with Gasteiger partial charge in [-0.25, -0.2) is 0 Å². The van der Waals surface area contributed by atoms with E-state index in [2.05, 4.69) is 32.8 Å². The maximum atomic E-state index is 4.30. The van der Waals surface area contributed by atoms with Gasteiger partial charge in [-0.15, -0.1) is 0 Å². The summed E-state index contributed by atoms with van der Waals surface area (Å²) in [5, 5.41) is 0.703. The first-order chi connectivity index (χ1) is 7.90. The van der Waals surface area contributed by atoms with E-state index in [9.17, 15) is 0 Å². The molecular weight excluding hydrogens is 262 g/mol. The van der Waals surface area contributed by atoms with Gasteiger partial charge < -0.3 is 0 Å². The normalized spacial score (nSPS) is 9.31. The van der Waals surface area contributed by atoms with E-state index in [0.717, 1.165) is 16.8 Å². The van der Waals surface area contributed by atoms with E-state index in [0.29, 0.717) is 5.33 Å². The molecule has 1 nitrogen and oxygen atoms in total. The van der Waals surface area contributed by atoms with Crippen molar-refractivity contribution in [2.45, 2.75) is 0 Å². The van der Waals surface area contributed by atoms with Gasteiger partial charge in [0.2, 0.25) is 0 Å². The molecule has 0 aliphatic carbocycles. The van der Waals surface area contributed by atoms with E-state index >= 15 is 0 Å². The van der Waals surface area contributed by atoms with Gasteiger partial charge in [-0.3, -0.25) is 4.98 Å². The zero-order valence-corrected chi connectivity index (χ0v) is 10.2. The third-order valence-electron chi connectivity index (χ3n) is 2.15. The van der Waals surface area contributed by atoms with Crippen LogP contribution in [-0.4, -0.2) is 10.3 Å². The minimum absolute atomic E-state index is 0.703. The molecule has 16 heavy (non-hydrogen) atoms. The van der Waals surface area contributed by atoms with E-state index in [-0.39, 0.29) is 0 Å². The van der Waals surface area contributed by atoms with Crippen molar-refractivity contribution in [3.05, 3.63) is 54.2 Å². The van der Waals surface area contributed by atoms with Crippen LogP contribution in [0.2, 0.25) is 0 Å². The average Bonchev–Trinajstić information content (AvgIpc) is 2.38. The van der Waals surface area contributed by atoms with E-state index in [4.69, 9.17) is 0 Å². The standard InChI is InChI=1S/C14H10BrN/c15-10-3-4-12-6-8-13(9-7-12)14-5-1-2-11-16-14/h1-2,5-9,11H,10H2. The van der Waals surface area contributed by atoms with Crippen LogP contribution >= 0.6 is 15.9 Å². The molecule has 78 valence electrons. The van der Waals surface area contributed by atoms with Gasteiger partial charge in [0.1, 0.15) is 0 Å². The van der Waals surface area contributed by atoms with Gasteiger partial charge in [0.05, 0.1) is 11.0 Å². The molecule has 0 fully saturated rings. The van der Waals surface area contributed by atoms with Gasteiger partial charge in [0.15, 0.2) is 0 Å². The molecule has 0 amide bonds. The second-order valence-electron chi connectivity index (χ2n) is 3.23. The summed E-state index contributed by atoms with van der Waals surface area (Å²) in [5.41, 5.74) is 3.13. The Bertz CT molecular complexity index is 506. The Balaban J connectivity index is 2.26. The van der Waals surface area contributed by atoms with Crippen LogP contribution in [0.3, 0.4) is 0 Å². The van der Waals surface area contributed by atoms with Gasteiger partial charge in [0, 0.05) is 17.3 Å². The van der Waals surface area contributed by atoms with E-state index in [1.807, 2.05) is 42.5 Å². The molecule has 1 heterocycles. The minimum Gasteiger partial charge on any atom is -0.256 e. The molecule has 0 saturated carbocycles. The van der Waals surface area contributed by atoms with Crippen LogP contribution < -0.4 is 0 Å². The summed E-state index contributed by atoms with van der Waals surface area (Å²) in [6, 6.07) is 14.0. The molecule has 2 heteroatoms. The van der Waals surface area contributed by atoms with E-state index < -0.39 is 0 Å². The Morgan fingerprint density at radius 1 is 1.06 bits per heavy atom. The summed E-state index contributed by atoms with van der Waals surface area (Å²) in [5.74, 6) is 6.03. The summed E-state index contributed by atoms with van der Waals surface area (Å²) in [6.07, 6.45) is 1.80. The lowest BCUT2D eigenvalue weighted by Gasteiger charge is -1.99. The summed E-state index contributed by atoms with van der Waals surface area (Å²) in [7, 11) is 0. The highest BCUT2D eigenvalue weighted by atomic mass is 79.9. The maximum Gasteiger partial charge on any atom is 0.0701 e. The molecule has 0 aliphatic rings. The number of halogens is 1. The zero-order chi connectivity index (χ0) is 11.2. The Morgan fingerprint density at radius 3 is 2.50 bits per heavy atom. The smallest absolute Gasteiger partial charge is 0.0701 e. The molecule has 2 aromatic rings. The molecule has 0 aliphatic heterocycles. The lowest BCUT2D eigenvalue weighted by molar-refractivity contribution is 1.33. The van der Waals surface area contributed by atoms with Crippen molar-refractivity contribution in [3.63, 3.8) is 0 Å². The molecule has 0 saturated heterocycles. The lowest BCUT2D eigenvalue weighted by Crippen LogP contribution is -1.82. The van der Waals surface area contributed by atoms with Crippen molar-refractivity contribution in [1.29, 1.82) is 0 Å². The number of benzene rings is 1. The first-order valence-corrected chi connectivity index (χ1v) is 6.08. The summed E-state index contributed by atoms with van der Waals surface area (Å²) < 4.78 is 0. The highest BCUT2D eigenvalue weighted by molar-refractivity contribution is 9.09. The Labute approximate surface area is 104 Å². The molecule has 0 atom stereocenters. The summed E-state index contributed by atoms with van der Waals surface area (Å²) in [6.45, 7) is 0. The molecular formula is C14H10BrN. The highest BCUT2D eigenvalue weighted by Gasteiger charge is 1.96. The molecule has 1 aromatic heterocycles. The van der Waals surface area contributed by atoms with Crippen LogP contribution in [0, 0.1) is 11.8 Å². The SMILES string of the molecule is BrCC#Cc1ccc(-c2ccccn2)cc1. The third-order valence-corrected chi connectivity index (χ3v) is 2.43. The fraction of sp³-hybridized carbons (Fsp3) is 0.0714. The van der Waals surface area contributed by atoms with Gasteiger partial charge in [-0.2, -0.15) is 0 Å². The highest BCUT2D eigenvalue weighted by Crippen LogP contribution is 2.16. The van der Waals surface area contributed by atoms with Crippen molar-refractivity contribution in [2.24, 2.45) is 0 Å². The van der Waals surface area contributed by atoms with Crippen molar-refractivity contribution < 1.29 is 0 Å². The number of rotatable bonds is 1. The van der Waals surface area contributed by atoms with Crippen LogP contribution in [-0.2, 0) is 0 Å². The molecule has 0 bridgehead atoms. The number of alkyl halides is 1. The van der Waals surface area contributed by atoms with Crippen LogP contribution in [0.15, 0.2) is 48.7 Å². The number of aromatic nitrogens is 1. The summed E-state index contributed by atoms with van der Waals surface area (Å²) >= 11 is 3.27. The van der Waals surface area contributed by atoms with Crippen LogP contribution in [0.5, 0.6) is 0 Å². The van der Waals surface area contributed by atoms with E-state index in [1.54, 1.807) is 6.20 Å². The van der Waals surface area contributed by atoms with Gasteiger partial charge in [-0.1, -0.05) is 46.0 Å². The van der Waals surface area contributed by atoms with Crippen LogP contribution in [0.4, 0.5) is 0 Å². The van der Waals surface area contributed by atoms with Crippen molar-refractivity contribution in [2.75, 3.05) is 5.33 Å². The quantitative estimate of drug-likeness (QED) is 0.572. The fourth-order valence-electron chi connectivity index (χ4n) is 1.39. The number of hydrogen-bond acceptors (Lipinski definition) is 1. The first-order valence-electron chi connectivity index (χ1n) is 4.96. The van der Waals surface area contributed by atoms with Crippen molar-refractivity contribution in [3.8, 4) is 23.1 Å². The van der Waals surface area contributed by atoms with Crippen molar-refractivity contribution >= 4 is 15.9 Å². The predicted molar refractivity (Wildman–Crippen MR) is 70.3 cm³/mol. The van der Waals surface area contributed by atoms with Crippen LogP contribution in [0.25, 0.3) is 11.3 Å². The molecule has 0 radical (unpaired) electrons.